The van der Waals surface area contributed by atoms with E-state index in [4.69, 9.17) is 9.47 Å². The van der Waals surface area contributed by atoms with Crippen LogP contribution in [0.5, 0.6) is 0 Å². The van der Waals surface area contributed by atoms with Crippen LogP contribution < -0.4 is 0 Å². The molecule has 1 aliphatic heterocycles. The predicted octanol–water partition coefficient (Wildman–Crippen LogP) is 4.83. The van der Waals surface area contributed by atoms with Gasteiger partial charge in [0.15, 0.2) is 5.78 Å². The van der Waals surface area contributed by atoms with E-state index in [-0.39, 0.29) is 24.9 Å². The Bertz CT molecular complexity index is 749. The third-order valence-corrected chi connectivity index (χ3v) is 6.55. The summed E-state index contributed by atoms with van der Waals surface area (Å²) in [5.41, 5.74) is -1.40. The van der Waals surface area contributed by atoms with Crippen molar-refractivity contribution in [2.75, 3.05) is 0 Å². The quantitative estimate of drug-likeness (QED) is 0.669. The summed E-state index contributed by atoms with van der Waals surface area (Å²) in [6.45, 7) is 6.88. The molecule has 0 aromatic heterocycles. The molecule has 2 fully saturated rings. The van der Waals surface area contributed by atoms with Gasteiger partial charge in [-0.3, -0.25) is 9.69 Å². The molecule has 6 heteroatoms. The molecule has 0 radical (unpaired) electrons. The van der Waals surface area contributed by atoms with Gasteiger partial charge in [-0.25, -0.2) is 4.79 Å². The molecule has 6 nitrogen and oxygen atoms in total. The van der Waals surface area contributed by atoms with Gasteiger partial charge in [0.1, 0.15) is 17.9 Å². The van der Waals surface area contributed by atoms with E-state index in [0.717, 1.165) is 24.8 Å². The molecule has 172 valence electrons. The molecule has 1 amide bonds. The van der Waals surface area contributed by atoms with Crippen molar-refractivity contribution in [3.05, 3.63) is 35.9 Å². The number of Topliss-reactive ketones (excluding diaryl/α,β-unsaturated/α-hetero) is 1. The van der Waals surface area contributed by atoms with Gasteiger partial charge in [-0.1, -0.05) is 62.4 Å². The lowest BCUT2D eigenvalue weighted by Crippen LogP contribution is -2.49. The Hall–Kier alpha value is -1.92. The number of carbonyl (C=O) groups is 2. The van der Waals surface area contributed by atoms with Crippen LogP contribution in [0, 0.1) is 5.92 Å². The van der Waals surface area contributed by atoms with Crippen molar-refractivity contribution in [2.45, 2.75) is 103 Å². The maximum Gasteiger partial charge on any atom is 0.412 e. The summed E-state index contributed by atoms with van der Waals surface area (Å²) in [5.74, 6) is 0.224. The first kappa shape index (κ1) is 23.7. The van der Waals surface area contributed by atoms with E-state index in [1.54, 1.807) is 4.90 Å². The zero-order valence-corrected chi connectivity index (χ0v) is 19.3. The van der Waals surface area contributed by atoms with E-state index in [1.807, 2.05) is 44.2 Å². The van der Waals surface area contributed by atoms with E-state index in [1.165, 1.54) is 33.1 Å². The highest BCUT2D eigenvalue weighted by Gasteiger charge is 2.52. The van der Waals surface area contributed by atoms with Gasteiger partial charge in [-0.15, -0.1) is 0 Å². The fourth-order valence-electron chi connectivity index (χ4n) is 4.85. The van der Waals surface area contributed by atoms with Crippen molar-refractivity contribution < 1.29 is 24.2 Å². The Kier molecular flexibility index (Phi) is 7.43. The number of nitrogens with zero attached hydrogens (tertiary/aromatic N) is 1. The summed E-state index contributed by atoms with van der Waals surface area (Å²) >= 11 is 0. The molecule has 0 spiro atoms. The molecular formula is C25H37NO5. The maximum absolute atomic E-state index is 13.2. The van der Waals surface area contributed by atoms with E-state index >= 15 is 0 Å². The Morgan fingerprint density at radius 3 is 2.42 bits per heavy atom. The lowest BCUT2D eigenvalue weighted by Gasteiger charge is -2.35. The van der Waals surface area contributed by atoms with E-state index in [0.29, 0.717) is 5.92 Å². The second-order valence-corrected chi connectivity index (χ2v) is 10.0. The van der Waals surface area contributed by atoms with Crippen LogP contribution >= 0.6 is 0 Å². The Morgan fingerprint density at radius 2 is 1.81 bits per heavy atom. The van der Waals surface area contributed by atoms with Crippen LogP contribution in [0.15, 0.2) is 30.3 Å². The fraction of sp³-hybridized carbons (Fsp3) is 0.680. The standard InChI is InChI=1S/C25H37NO5/c1-24(2,29)22(27)16-21-20(15-18-11-7-5-8-12-18)26(25(3,4)31-21)23(28)30-17-19-13-9-6-10-14-19/h6,9-10,13-14,18,20-21,29H,5,7-8,11-12,15-17H2,1-4H3/t20-,21-/m0/s1. The SMILES string of the molecule is CC(C)(O)C(=O)C[C@@H]1OC(C)(C)N(C(=O)OCc2ccccc2)[C@H]1CC1CCCCC1. The smallest absolute Gasteiger partial charge is 0.412 e. The van der Waals surface area contributed by atoms with Crippen molar-refractivity contribution in [2.24, 2.45) is 5.92 Å². The van der Waals surface area contributed by atoms with E-state index in [2.05, 4.69) is 0 Å². The molecule has 1 saturated carbocycles. The zero-order valence-electron chi connectivity index (χ0n) is 19.3. The second kappa shape index (κ2) is 9.70. The molecule has 1 heterocycles. The number of ketones is 1. The highest BCUT2D eigenvalue weighted by Crippen LogP contribution is 2.40. The van der Waals surface area contributed by atoms with Gasteiger partial charge in [0.2, 0.25) is 0 Å². The van der Waals surface area contributed by atoms with Crippen LogP contribution in [-0.4, -0.2) is 45.4 Å². The lowest BCUT2D eigenvalue weighted by molar-refractivity contribution is -0.138. The number of carbonyl (C=O) groups excluding carboxylic acids is 2. The van der Waals surface area contributed by atoms with Crippen molar-refractivity contribution >= 4 is 11.9 Å². The molecule has 3 rings (SSSR count). The van der Waals surface area contributed by atoms with Crippen LogP contribution in [0.1, 0.15) is 78.2 Å². The van der Waals surface area contributed by atoms with Gasteiger partial charge >= 0.3 is 6.09 Å². The number of amides is 1. The average molecular weight is 432 g/mol. The van der Waals surface area contributed by atoms with Crippen molar-refractivity contribution in [1.82, 2.24) is 4.90 Å². The van der Waals surface area contributed by atoms with E-state index in [9.17, 15) is 14.7 Å². The summed E-state index contributed by atoms with van der Waals surface area (Å²) in [7, 11) is 0. The summed E-state index contributed by atoms with van der Waals surface area (Å²) in [4.78, 5) is 27.5. The molecule has 2 aliphatic rings. The Morgan fingerprint density at radius 1 is 1.16 bits per heavy atom. The zero-order chi connectivity index (χ0) is 22.6. The van der Waals surface area contributed by atoms with Crippen LogP contribution in [0.3, 0.4) is 0 Å². The first-order valence-corrected chi connectivity index (χ1v) is 11.5. The van der Waals surface area contributed by atoms with Crippen LogP contribution in [0.2, 0.25) is 0 Å². The molecular weight excluding hydrogens is 394 g/mol. The number of benzene rings is 1. The minimum Gasteiger partial charge on any atom is -0.444 e. The number of aliphatic hydroxyl groups is 1. The van der Waals surface area contributed by atoms with Gasteiger partial charge in [-0.2, -0.15) is 0 Å². The average Bonchev–Trinajstić information content (AvgIpc) is 2.96. The number of hydrogen-bond acceptors (Lipinski definition) is 5. The molecule has 1 N–H and O–H groups in total. The Labute approximate surface area is 185 Å². The van der Waals surface area contributed by atoms with Gasteiger partial charge in [0.05, 0.1) is 12.1 Å². The highest BCUT2D eigenvalue weighted by molar-refractivity contribution is 5.86. The van der Waals surface area contributed by atoms with Gasteiger partial charge in [0, 0.05) is 6.42 Å². The molecule has 1 saturated heterocycles. The topological polar surface area (TPSA) is 76.1 Å². The summed E-state index contributed by atoms with van der Waals surface area (Å²) in [5, 5.41) is 10.2. The third kappa shape index (κ3) is 6.07. The Balaban J connectivity index is 1.78. The van der Waals surface area contributed by atoms with Crippen LogP contribution in [0.4, 0.5) is 4.79 Å². The largest absolute Gasteiger partial charge is 0.444 e. The maximum atomic E-state index is 13.2. The molecule has 1 aromatic rings. The summed E-state index contributed by atoms with van der Waals surface area (Å²) < 4.78 is 11.9. The fourth-order valence-corrected chi connectivity index (χ4v) is 4.85. The third-order valence-electron chi connectivity index (χ3n) is 6.55. The summed E-state index contributed by atoms with van der Waals surface area (Å²) in [6.07, 6.45) is 5.91. The molecule has 2 atom stereocenters. The first-order chi connectivity index (χ1) is 14.6. The second-order valence-electron chi connectivity index (χ2n) is 10.0. The molecule has 1 aromatic carbocycles. The number of rotatable bonds is 7. The monoisotopic (exact) mass is 431 g/mol. The van der Waals surface area contributed by atoms with Crippen molar-refractivity contribution in [3.63, 3.8) is 0 Å². The molecule has 31 heavy (non-hydrogen) atoms. The number of ether oxygens (including phenoxy) is 2. The minimum atomic E-state index is -1.43. The van der Waals surface area contributed by atoms with Crippen molar-refractivity contribution in [1.29, 1.82) is 0 Å². The predicted molar refractivity (Wildman–Crippen MR) is 118 cm³/mol. The van der Waals surface area contributed by atoms with Crippen molar-refractivity contribution in [3.8, 4) is 0 Å². The highest BCUT2D eigenvalue weighted by atomic mass is 16.6. The van der Waals surface area contributed by atoms with Gasteiger partial charge in [0.25, 0.3) is 0 Å². The lowest BCUT2D eigenvalue weighted by atomic mass is 9.82. The van der Waals surface area contributed by atoms with Crippen LogP contribution in [0.25, 0.3) is 0 Å². The van der Waals surface area contributed by atoms with Gasteiger partial charge < -0.3 is 14.6 Å². The normalized spacial score (nSPS) is 24.2. The molecule has 0 bridgehead atoms. The minimum absolute atomic E-state index is 0.0762. The summed E-state index contributed by atoms with van der Waals surface area (Å²) in [6, 6.07) is 9.33. The van der Waals surface area contributed by atoms with Crippen LogP contribution in [-0.2, 0) is 20.9 Å². The molecule has 1 aliphatic carbocycles. The van der Waals surface area contributed by atoms with Gasteiger partial charge in [-0.05, 0) is 45.6 Å². The number of hydrogen-bond donors (Lipinski definition) is 1. The van der Waals surface area contributed by atoms with E-state index < -0.39 is 23.5 Å². The molecule has 0 unspecified atom stereocenters. The first-order valence-electron chi connectivity index (χ1n) is 11.5.